The lowest BCUT2D eigenvalue weighted by Gasteiger charge is -2.28. The average molecular weight is 506 g/mol. The van der Waals surface area contributed by atoms with Gasteiger partial charge in [-0.3, -0.25) is 14.5 Å². The van der Waals surface area contributed by atoms with Crippen molar-refractivity contribution in [2.75, 3.05) is 10.2 Å². The van der Waals surface area contributed by atoms with Crippen molar-refractivity contribution in [1.29, 1.82) is 0 Å². The van der Waals surface area contributed by atoms with Crippen LogP contribution in [0.2, 0.25) is 0 Å². The van der Waals surface area contributed by atoms with Crippen LogP contribution >= 0.6 is 11.3 Å². The molecule has 3 aromatic rings. The van der Waals surface area contributed by atoms with Gasteiger partial charge in [0.05, 0.1) is 28.6 Å². The minimum Gasteiger partial charge on any atom is -0.491 e. The molecule has 1 saturated carbocycles. The van der Waals surface area contributed by atoms with Gasteiger partial charge in [0.25, 0.3) is 5.91 Å². The largest absolute Gasteiger partial charge is 0.491 e. The van der Waals surface area contributed by atoms with Crippen molar-refractivity contribution in [3.05, 3.63) is 54.1 Å². The van der Waals surface area contributed by atoms with Gasteiger partial charge in [0.1, 0.15) is 15.5 Å². The van der Waals surface area contributed by atoms with Gasteiger partial charge in [-0.1, -0.05) is 6.58 Å². The molecule has 3 N–H and O–H groups in total. The summed E-state index contributed by atoms with van der Waals surface area (Å²) in [5, 5.41) is 9.57. The van der Waals surface area contributed by atoms with Crippen molar-refractivity contribution >= 4 is 56.5 Å². The number of ether oxygens (including phenoxy) is 1. The van der Waals surface area contributed by atoms with Crippen molar-refractivity contribution in [2.45, 2.75) is 51.3 Å². The summed E-state index contributed by atoms with van der Waals surface area (Å²) in [7, 11) is 0. The summed E-state index contributed by atoms with van der Waals surface area (Å²) in [6.07, 6.45) is 5.34. The highest BCUT2D eigenvalue weighted by molar-refractivity contribution is 7.21. The maximum atomic E-state index is 13.3. The first kappa shape index (κ1) is 23.8. The SMILES string of the molecule is C=CC(=O)N[C@H]1CCC[C@H]1NC(=O)c1sc2nccc3c2c1NC(=O)N3c1ccc(OC(C)C)cc1. The predicted molar refractivity (Wildman–Crippen MR) is 140 cm³/mol. The van der Waals surface area contributed by atoms with E-state index in [1.165, 1.54) is 17.4 Å². The molecule has 9 nitrogen and oxygen atoms in total. The Hall–Kier alpha value is -3.92. The van der Waals surface area contributed by atoms with Crippen molar-refractivity contribution in [3.63, 3.8) is 0 Å². The Bertz CT molecular complexity index is 1350. The summed E-state index contributed by atoms with van der Waals surface area (Å²) in [6.45, 7) is 7.40. The fourth-order valence-corrected chi connectivity index (χ4v) is 5.75. The minimum atomic E-state index is -0.364. The number of thiophene rings is 1. The number of hydrogen-bond donors (Lipinski definition) is 3. The Kier molecular flexibility index (Phi) is 6.36. The van der Waals surface area contributed by atoms with E-state index in [2.05, 4.69) is 27.5 Å². The van der Waals surface area contributed by atoms with E-state index in [1.54, 1.807) is 17.2 Å². The van der Waals surface area contributed by atoms with Gasteiger partial charge in [-0.2, -0.15) is 0 Å². The highest BCUT2D eigenvalue weighted by Gasteiger charge is 2.35. The Morgan fingerprint density at radius 2 is 1.92 bits per heavy atom. The Labute approximate surface area is 212 Å². The molecule has 0 radical (unpaired) electrons. The number of pyridine rings is 1. The zero-order valence-corrected chi connectivity index (χ0v) is 20.9. The maximum absolute atomic E-state index is 13.3. The van der Waals surface area contributed by atoms with Gasteiger partial charge < -0.3 is 20.7 Å². The predicted octanol–water partition coefficient (Wildman–Crippen LogP) is 4.72. The van der Waals surface area contributed by atoms with Crippen molar-refractivity contribution in [3.8, 4) is 5.75 Å². The van der Waals surface area contributed by atoms with Crippen LogP contribution in [0.15, 0.2) is 49.2 Å². The first-order chi connectivity index (χ1) is 17.4. The smallest absolute Gasteiger partial charge is 0.331 e. The van der Waals surface area contributed by atoms with E-state index < -0.39 is 0 Å². The zero-order chi connectivity index (χ0) is 25.4. The molecule has 1 fully saturated rings. The molecular weight excluding hydrogens is 478 g/mol. The molecule has 5 rings (SSSR count). The number of anilines is 3. The van der Waals surface area contributed by atoms with Crippen molar-refractivity contribution in [1.82, 2.24) is 15.6 Å². The standard InChI is InChI=1S/C26H27N5O4S/c1-4-20(32)28-17-6-5-7-18(17)29-24(33)23-22-21-19(12-13-27-25(21)36-23)31(26(34)30-22)15-8-10-16(11-9-15)35-14(2)3/h4,8-14,17-18H,1,5-7H2,2-3H3,(H,28,32)(H,29,33)(H,30,34)/t17-,18+/m0/s1. The molecule has 1 aliphatic heterocycles. The number of amides is 4. The lowest BCUT2D eigenvalue weighted by Crippen LogP contribution is -2.48. The number of urea groups is 1. The maximum Gasteiger partial charge on any atom is 0.331 e. The second-order valence-electron chi connectivity index (χ2n) is 9.07. The first-order valence-corrected chi connectivity index (χ1v) is 12.7. The molecule has 0 bridgehead atoms. The topological polar surface area (TPSA) is 113 Å². The number of aromatic nitrogens is 1. The van der Waals surface area contributed by atoms with Gasteiger partial charge >= 0.3 is 6.03 Å². The van der Waals surface area contributed by atoms with Crippen molar-refractivity contribution < 1.29 is 19.1 Å². The number of carbonyl (C=O) groups excluding carboxylic acids is 3. The van der Waals surface area contributed by atoms with E-state index in [-0.39, 0.29) is 36.0 Å². The summed E-state index contributed by atoms with van der Waals surface area (Å²) in [5.41, 5.74) is 1.79. The molecule has 186 valence electrons. The number of nitrogens with one attached hydrogen (secondary N) is 3. The summed E-state index contributed by atoms with van der Waals surface area (Å²) >= 11 is 1.23. The quantitative estimate of drug-likeness (QED) is 0.402. The average Bonchev–Trinajstić information content (AvgIpc) is 3.44. The van der Waals surface area contributed by atoms with Crippen LogP contribution in [-0.4, -0.2) is 41.0 Å². The number of nitrogens with zero attached hydrogens (tertiary/aromatic N) is 2. The summed E-state index contributed by atoms with van der Waals surface area (Å²) in [5.74, 6) is 0.159. The third kappa shape index (κ3) is 4.39. The normalized spacial score (nSPS) is 18.8. The molecule has 3 heterocycles. The molecule has 0 spiro atoms. The van der Waals surface area contributed by atoms with Gasteiger partial charge in [0, 0.05) is 18.3 Å². The van der Waals surface area contributed by atoms with Gasteiger partial charge in [0.2, 0.25) is 5.91 Å². The van der Waals surface area contributed by atoms with Crippen LogP contribution in [0.3, 0.4) is 0 Å². The van der Waals surface area contributed by atoms with E-state index >= 15 is 0 Å². The molecule has 1 aliphatic carbocycles. The van der Waals surface area contributed by atoms with Crippen LogP contribution in [0.4, 0.5) is 21.9 Å². The van der Waals surface area contributed by atoms with E-state index in [1.807, 2.05) is 38.1 Å². The van der Waals surface area contributed by atoms with Crippen LogP contribution < -0.4 is 25.6 Å². The van der Waals surface area contributed by atoms with Gasteiger partial charge in [-0.25, -0.2) is 9.78 Å². The molecule has 0 unspecified atom stereocenters. The monoisotopic (exact) mass is 505 g/mol. The van der Waals surface area contributed by atoms with Crippen LogP contribution in [0, 0.1) is 0 Å². The Balaban J connectivity index is 1.45. The highest BCUT2D eigenvalue weighted by Crippen LogP contribution is 2.45. The van der Waals surface area contributed by atoms with Gasteiger partial charge in [-0.15, -0.1) is 11.3 Å². The van der Waals surface area contributed by atoms with Gasteiger partial charge in [0.15, 0.2) is 0 Å². The molecular formula is C26H27N5O4S. The number of rotatable bonds is 7. The number of benzene rings is 1. The summed E-state index contributed by atoms with van der Waals surface area (Å²) in [6, 6.07) is 8.35. The molecule has 2 atom stereocenters. The number of carbonyl (C=O) groups is 3. The highest BCUT2D eigenvalue weighted by atomic mass is 32.1. The molecule has 2 aromatic heterocycles. The third-order valence-electron chi connectivity index (χ3n) is 6.26. The second kappa shape index (κ2) is 9.62. The van der Waals surface area contributed by atoms with Gasteiger partial charge in [-0.05, 0) is 69.5 Å². The zero-order valence-electron chi connectivity index (χ0n) is 20.0. The summed E-state index contributed by atoms with van der Waals surface area (Å²) < 4.78 is 5.72. The van der Waals surface area contributed by atoms with E-state index in [0.29, 0.717) is 26.8 Å². The number of hydrogen-bond acceptors (Lipinski definition) is 6. The second-order valence-corrected chi connectivity index (χ2v) is 10.1. The Morgan fingerprint density at radius 3 is 2.61 bits per heavy atom. The molecule has 10 heteroatoms. The first-order valence-electron chi connectivity index (χ1n) is 11.9. The fourth-order valence-electron chi connectivity index (χ4n) is 4.73. The van der Waals surface area contributed by atoms with Crippen LogP contribution in [0.5, 0.6) is 5.75 Å². The van der Waals surface area contributed by atoms with Crippen molar-refractivity contribution in [2.24, 2.45) is 0 Å². The van der Waals surface area contributed by atoms with E-state index in [9.17, 15) is 14.4 Å². The molecule has 4 amide bonds. The molecule has 0 saturated heterocycles. The molecule has 36 heavy (non-hydrogen) atoms. The van der Waals surface area contributed by atoms with E-state index in [4.69, 9.17) is 4.74 Å². The third-order valence-corrected chi connectivity index (χ3v) is 7.36. The molecule has 1 aromatic carbocycles. The minimum absolute atomic E-state index is 0.0460. The molecule has 2 aliphatic rings. The van der Waals surface area contributed by atoms with E-state index in [0.717, 1.165) is 30.4 Å². The van der Waals surface area contributed by atoms with Crippen LogP contribution in [0.1, 0.15) is 42.8 Å². The van der Waals surface area contributed by atoms with Crippen LogP contribution in [-0.2, 0) is 4.79 Å². The Morgan fingerprint density at radius 1 is 1.19 bits per heavy atom. The van der Waals surface area contributed by atoms with Crippen LogP contribution in [0.25, 0.3) is 10.2 Å². The lowest BCUT2D eigenvalue weighted by molar-refractivity contribution is -0.117. The lowest BCUT2D eigenvalue weighted by atomic mass is 10.1. The summed E-state index contributed by atoms with van der Waals surface area (Å²) in [4.78, 5) is 45.4. The fraction of sp³-hybridized carbons (Fsp3) is 0.308.